The summed E-state index contributed by atoms with van der Waals surface area (Å²) in [7, 11) is 0. The molecule has 0 spiro atoms. The molecule has 0 aliphatic rings. The first-order chi connectivity index (χ1) is 8.52. The van der Waals surface area contributed by atoms with Gasteiger partial charge in [0.15, 0.2) is 0 Å². The van der Waals surface area contributed by atoms with Crippen molar-refractivity contribution in [2.45, 2.75) is 6.61 Å². The molecule has 0 bridgehead atoms. The molecule has 0 amide bonds. The van der Waals surface area contributed by atoms with Gasteiger partial charge in [0.05, 0.1) is 27.4 Å². The third-order valence-corrected chi connectivity index (χ3v) is 3.48. The summed E-state index contributed by atoms with van der Waals surface area (Å²) in [5.41, 5.74) is 7.34. The number of nitrogen functional groups attached to an aromatic ring is 1. The smallest absolute Gasteiger partial charge is 0.123 e. The van der Waals surface area contributed by atoms with Crippen molar-refractivity contribution in [1.82, 2.24) is 4.98 Å². The average molecular weight is 304 g/mol. The normalized spacial score (nSPS) is 10.7. The Kier molecular flexibility index (Phi) is 3.97. The highest BCUT2D eigenvalue weighted by Crippen LogP contribution is 2.36. The van der Waals surface area contributed by atoms with Crippen molar-refractivity contribution in [3.05, 3.63) is 45.0 Å². The van der Waals surface area contributed by atoms with E-state index in [1.54, 1.807) is 24.3 Å². The van der Waals surface area contributed by atoms with Crippen LogP contribution in [-0.4, -0.2) is 10.1 Å². The lowest BCUT2D eigenvalue weighted by molar-refractivity contribution is 0.277. The molecule has 0 unspecified atom stereocenters. The lowest BCUT2D eigenvalue weighted by Crippen LogP contribution is -1.98. The fourth-order valence-corrected chi connectivity index (χ4v) is 2.26. The van der Waals surface area contributed by atoms with Crippen LogP contribution < -0.4 is 5.73 Å². The molecule has 0 radical (unpaired) electrons. The van der Waals surface area contributed by atoms with Crippen LogP contribution in [0.15, 0.2) is 24.3 Å². The summed E-state index contributed by atoms with van der Waals surface area (Å²) >= 11 is 18.0. The van der Waals surface area contributed by atoms with Gasteiger partial charge < -0.3 is 10.8 Å². The summed E-state index contributed by atoms with van der Waals surface area (Å²) in [4.78, 5) is 4.05. The van der Waals surface area contributed by atoms with Crippen LogP contribution in [0.3, 0.4) is 0 Å². The molecule has 1 heterocycles. The number of pyridine rings is 1. The van der Waals surface area contributed by atoms with Crippen LogP contribution in [0.2, 0.25) is 15.1 Å². The van der Waals surface area contributed by atoms with Crippen LogP contribution in [-0.2, 0) is 6.61 Å². The number of benzene rings is 1. The molecule has 2 aromatic rings. The van der Waals surface area contributed by atoms with Gasteiger partial charge in [-0.15, -0.1) is 0 Å². The minimum absolute atomic E-state index is 0.239. The number of aliphatic hydroxyl groups is 1. The van der Waals surface area contributed by atoms with Crippen LogP contribution in [0.5, 0.6) is 0 Å². The molecule has 0 aliphatic carbocycles. The zero-order valence-corrected chi connectivity index (χ0v) is 11.4. The zero-order valence-electron chi connectivity index (χ0n) is 9.12. The second-order valence-electron chi connectivity index (χ2n) is 3.63. The Labute approximate surface area is 119 Å². The van der Waals surface area contributed by atoms with Gasteiger partial charge in [-0.25, -0.2) is 4.98 Å². The molecule has 18 heavy (non-hydrogen) atoms. The van der Waals surface area contributed by atoms with E-state index in [1.807, 2.05) is 0 Å². The van der Waals surface area contributed by atoms with Gasteiger partial charge in [0, 0.05) is 11.1 Å². The van der Waals surface area contributed by atoms with Crippen LogP contribution in [0, 0.1) is 0 Å². The van der Waals surface area contributed by atoms with E-state index in [4.69, 9.17) is 40.5 Å². The number of nitrogens with zero attached hydrogens (tertiary/aromatic N) is 1. The van der Waals surface area contributed by atoms with Crippen molar-refractivity contribution < 1.29 is 5.11 Å². The van der Waals surface area contributed by atoms with Crippen molar-refractivity contribution in [1.29, 1.82) is 0 Å². The third-order valence-electron chi connectivity index (χ3n) is 2.45. The van der Waals surface area contributed by atoms with Crippen molar-refractivity contribution in [2.24, 2.45) is 0 Å². The minimum Gasteiger partial charge on any atom is -0.390 e. The molecule has 1 aromatic heterocycles. The second-order valence-corrected chi connectivity index (χ2v) is 4.86. The van der Waals surface area contributed by atoms with E-state index in [0.29, 0.717) is 37.7 Å². The first-order valence-corrected chi connectivity index (χ1v) is 6.17. The van der Waals surface area contributed by atoms with Gasteiger partial charge >= 0.3 is 0 Å². The van der Waals surface area contributed by atoms with Crippen LogP contribution in [0.4, 0.5) is 5.82 Å². The van der Waals surface area contributed by atoms with E-state index in [2.05, 4.69) is 4.98 Å². The molecule has 0 saturated heterocycles. The molecule has 3 nitrogen and oxygen atoms in total. The Bertz CT molecular complexity index is 602. The molecule has 6 heteroatoms. The first kappa shape index (κ1) is 13.4. The fourth-order valence-electron chi connectivity index (χ4n) is 1.61. The maximum absolute atomic E-state index is 9.30. The Hall–Kier alpha value is -1.00. The highest BCUT2D eigenvalue weighted by molar-refractivity contribution is 6.44. The van der Waals surface area contributed by atoms with Gasteiger partial charge in [0.2, 0.25) is 0 Å². The highest BCUT2D eigenvalue weighted by Gasteiger charge is 2.12. The quantitative estimate of drug-likeness (QED) is 0.830. The summed E-state index contributed by atoms with van der Waals surface area (Å²) in [5.74, 6) is 0.332. The van der Waals surface area contributed by atoms with Gasteiger partial charge in [0.1, 0.15) is 5.82 Å². The molecule has 0 fully saturated rings. The fraction of sp³-hybridized carbons (Fsp3) is 0.0833. The predicted octanol–water partition coefficient (Wildman–Crippen LogP) is 3.78. The van der Waals surface area contributed by atoms with Crippen LogP contribution in [0.1, 0.15) is 5.69 Å². The number of aliphatic hydroxyl groups excluding tert-OH is 1. The summed E-state index contributed by atoms with van der Waals surface area (Å²) < 4.78 is 0. The lowest BCUT2D eigenvalue weighted by Gasteiger charge is -2.10. The molecular weight excluding hydrogens is 295 g/mol. The maximum Gasteiger partial charge on any atom is 0.123 e. The molecule has 0 saturated carbocycles. The number of aromatic nitrogens is 1. The van der Waals surface area contributed by atoms with Crippen molar-refractivity contribution in [2.75, 3.05) is 5.73 Å². The number of anilines is 1. The predicted molar refractivity (Wildman–Crippen MR) is 75.0 cm³/mol. The number of halogens is 3. The molecular formula is C12H9Cl3N2O. The molecule has 3 N–H and O–H groups in total. The first-order valence-electron chi connectivity index (χ1n) is 5.04. The third kappa shape index (κ3) is 2.54. The summed E-state index contributed by atoms with van der Waals surface area (Å²) in [5, 5.41) is 10.5. The van der Waals surface area contributed by atoms with Gasteiger partial charge in [-0.3, -0.25) is 0 Å². The standard InChI is InChI=1S/C12H9Cl3N2O/c13-8-4-10(15)9(14)3-7(8)6-1-2-12(16)17-11(6)5-18/h1-4,18H,5H2,(H2,16,17). The number of hydrogen-bond donors (Lipinski definition) is 2. The SMILES string of the molecule is Nc1ccc(-c2cc(Cl)c(Cl)cc2Cl)c(CO)n1. The van der Waals surface area contributed by atoms with E-state index in [0.717, 1.165) is 0 Å². The van der Waals surface area contributed by atoms with Crippen molar-refractivity contribution in [3.63, 3.8) is 0 Å². The largest absolute Gasteiger partial charge is 0.390 e. The zero-order chi connectivity index (χ0) is 13.3. The minimum atomic E-state index is -0.239. The molecule has 0 atom stereocenters. The average Bonchev–Trinajstić information content (AvgIpc) is 2.34. The number of rotatable bonds is 2. The van der Waals surface area contributed by atoms with Gasteiger partial charge in [-0.1, -0.05) is 34.8 Å². The Morgan fingerprint density at radius 1 is 1.00 bits per heavy atom. The van der Waals surface area contributed by atoms with Crippen molar-refractivity contribution >= 4 is 40.6 Å². The number of hydrogen-bond acceptors (Lipinski definition) is 3. The van der Waals surface area contributed by atoms with Gasteiger partial charge in [-0.05, 0) is 24.3 Å². The molecule has 0 aliphatic heterocycles. The van der Waals surface area contributed by atoms with E-state index in [1.165, 1.54) is 0 Å². The monoisotopic (exact) mass is 302 g/mol. The van der Waals surface area contributed by atoms with E-state index < -0.39 is 0 Å². The van der Waals surface area contributed by atoms with Gasteiger partial charge in [0.25, 0.3) is 0 Å². The maximum atomic E-state index is 9.30. The lowest BCUT2D eigenvalue weighted by atomic mass is 10.0. The summed E-state index contributed by atoms with van der Waals surface area (Å²) in [6.07, 6.45) is 0. The van der Waals surface area contributed by atoms with Gasteiger partial charge in [-0.2, -0.15) is 0 Å². The van der Waals surface area contributed by atoms with E-state index in [9.17, 15) is 5.11 Å². The molecule has 94 valence electrons. The summed E-state index contributed by atoms with van der Waals surface area (Å²) in [6.45, 7) is -0.239. The molecule has 2 rings (SSSR count). The Balaban J connectivity index is 2.65. The topological polar surface area (TPSA) is 59.1 Å². The summed E-state index contributed by atoms with van der Waals surface area (Å²) in [6, 6.07) is 6.56. The molecule has 1 aromatic carbocycles. The Morgan fingerprint density at radius 2 is 1.67 bits per heavy atom. The second kappa shape index (κ2) is 5.33. The van der Waals surface area contributed by atoms with Crippen molar-refractivity contribution in [3.8, 4) is 11.1 Å². The van der Waals surface area contributed by atoms with Crippen LogP contribution >= 0.6 is 34.8 Å². The highest BCUT2D eigenvalue weighted by atomic mass is 35.5. The van der Waals surface area contributed by atoms with E-state index >= 15 is 0 Å². The number of nitrogens with two attached hydrogens (primary N) is 1. The Morgan fingerprint density at radius 3 is 2.33 bits per heavy atom. The van der Waals surface area contributed by atoms with Crippen LogP contribution in [0.25, 0.3) is 11.1 Å². The van der Waals surface area contributed by atoms with E-state index in [-0.39, 0.29) is 6.61 Å².